The maximum atomic E-state index is 13.2. The van der Waals surface area contributed by atoms with Crippen LogP contribution >= 0.6 is 11.6 Å². The molecule has 0 aliphatic rings. The van der Waals surface area contributed by atoms with E-state index in [1.54, 1.807) is 54.6 Å². The van der Waals surface area contributed by atoms with Crippen LogP contribution in [0.2, 0.25) is 5.02 Å². The molecule has 0 atom stereocenters. The number of benzene rings is 3. The van der Waals surface area contributed by atoms with E-state index in [-0.39, 0.29) is 11.3 Å². The number of pyridine rings is 1. The molecule has 2 heterocycles. The lowest BCUT2D eigenvalue weighted by Crippen LogP contribution is -2.42. The first kappa shape index (κ1) is 22.2. The Hall–Kier alpha value is -4.56. The first-order valence-electron chi connectivity index (χ1n) is 10.7. The Balaban J connectivity index is 1.49. The summed E-state index contributed by atoms with van der Waals surface area (Å²) in [6.07, 6.45) is 0. The zero-order chi connectivity index (χ0) is 24.5. The Kier molecular flexibility index (Phi) is 5.72. The van der Waals surface area contributed by atoms with Crippen LogP contribution in [0.3, 0.4) is 0 Å². The fraction of sp³-hybridized carbons (Fsp3) is 0.0385. The predicted molar refractivity (Wildman–Crippen MR) is 134 cm³/mol. The van der Waals surface area contributed by atoms with E-state index in [2.05, 4.69) is 20.9 Å². The molecule has 2 amide bonds. The molecule has 0 aliphatic carbocycles. The first-order valence-corrected chi connectivity index (χ1v) is 11.0. The van der Waals surface area contributed by atoms with Gasteiger partial charge in [-0.25, -0.2) is 9.67 Å². The zero-order valence-electron chi connectivity index (χ0n) is 18.4. The van der Waals surface area contributed by atoms with Gasteiger partial charge >= 0.3 is 0 Å². The monoisotopic (exact) mass is 483 g/mol. The lowest BCUT2D eigenvalue weighted by atomic mass is 10.0. The number of nitrogens with one attached hydrogen (secondary N) is 2. The number of carbonyl (C=O) groups is 2. The van der Waals surface area contributed by atoms with Crippen molar-refractivity contribution in [1.29, 1.82) is 0 Å². The van der Waals surface area contributed by atoms with Crippen LogP contribution in [0.5, 0.6) is 0 Å². The molecule has 2 N–H and O–H groups in total. The smallest absolute Gasteiger partial charge is 0.267 e. The van der Waals surface area contributed by atoms with E-state index in [9.17, 15) is 14.4 Å². The Morgan fingerprint density at radius 3 is 2.23 bits per heavy atom. The summed E-state index contributed by atoms with van der Waals surface area (Å²) in [5, 5.41) is 5.93. The van der Waals surface area contributed by atoms with E-state index in [1.807, 2.05) is 24.3 Å². The predicted octanol–water partition coefficient (Wildman–Crippen LogP) is 3.88. The van der Waals surface area contributed by atoms with Gasteiger partial charge in [0.1, 0.15) is 0 Å². The Labute approximate surface area is 204 Å². The molecule has 0 unspecified atom stereocenters. The number of aryl methyl sites for hydroxylation is 1. The summed E-state index contributed by atoms with van der Waals surface area (Å²) in [6.45, 7) is 0. The molecule has 0 bridgehead atoms. The number of halogens is 1. The second-order valence-corrected chi connectivity index (χ2v) is 8.19. The molecule has 3 aromatic carbocycles. The lowest BCUT2D eigenvalue weighted by molar-refractivity contribution is 0.0844. The van der Waals surface area contributed by atoms with E-state index < -0.39 is 11.8 Å². The maximum absolute atomic E-state index is 13.2. The van der Waals surface area contributed by atoms with E-state index in [4.69, 9.17) is 11.6 Å². The number of para-hydroxylation sites is 1. The summed E-state index contributed by atoms with van der Waals surface area (Å²) in [5.74, 6) is -1.20. The number of aromatic nitrogens is 3. The average molecular weight is 484 g/mol. The van der Waals surface area contributed by atoms with Crippen molar-refractivity contribution >= 4 is 45.1 Å². The highest BCUT2D eigenvalue weighted by Gasteiger charge is 2.19. The highest BCUT2D eigenvalue weighted by molar-refractivity contribution is 6.33. The summed E-state index contributed by atoms with van der Waals surface area (Å²) in [6, 6.07) is 22.7. The third kappa shape index (κ3) is 4.11. The molecule has 8 nitrogen and oxygen atoms in total. The van der Waals surface area contributed by atoms with Gasteiger partial charge in [-0.1, -0.05) is 66.2 Å². The first-order chi connectivity index (χ1) is 16.9. The van der Waals surface area contributed by atoms with Crippen LogP contribution in [-0.4, -0.2) is 26.6 Å². The largest absolute Gasteiger partial charge is 0.290 e. The van der Waals surface area contributed by atoms with Crippen molar-refractivity contribution < 1.29 is 9.59 Å². The third-order valence-corrected chi connectivity index (χ3v) is 5.90. The fourth-order valence-corrected chi connectivity index (χ4v) is 4.11. The van der Waals surface area contributed by atoms with Crippen molar-refractivity contribution in [2.75, 3.05) is 0 Å². The van der Waals surface area contributed by atoms with E-state index >= 15 is 0 Å². The number of rotatable bonds is 3. The van der Waals surface area contributed by atoms with Crippen molar-refractivity contribution in [1.82, 2.24) is 25.6 Å². The molecule has 0 fully saturated rings. The van der Waals surface area contributed by atoms with Crippen LogP contribution in [-0.2, 0) is 7.05 Å². The van der Waals surface area contributed by atoms with Crippen LogP contribution < -0.4 is 16.4 Å². The van der Waals surface area contributed by atoms with Crippen LogP contribution in [0, 0.1) is 0 Å². The summed E-state index contributed by atoms with van der Waals surface area (Å²) in [5.41, 5.74) is 6.67. The molecule has 0 spiro atoms. The normalized spacial score (nSPS) is 10.9. The Bertz CT molecular complexity index is 1700. The number of carbonyl (C=O) groups excluding carboxylic acids is 2. The van der Waals surface area contributed by atoms with Crippen LogP contribution in [0.15, 0.2) is 83.7 Å². The van der Waals surface area contributed by atoms with Gasteiger partial charge in [0, 0.05) is 28.4 Å². The minimum Gasteiger partial charge on any atom is -0.267 e. The van der Waals surface area contributed by atoms with E-state index in [0.29, 0.717) is 43.5 Å². The number of hydrogen-bond acceptors (Lipinski definition) is 5. The molecule has 2 aromatic heterocycles. The molecule has 0 saturated carbocycles. The van der Waals surface area contributed by atoms with Gasteiger partial charge in [-0.3, -0.25) is 25.2 Å². The highest BCUT2D eigenvalue weighted by Crippen LogP contribution is 2.29. The quantitative estimate of drug-likeness (QED) is 0.379. The molecular formula is C26H18ClN5O3. The summed E-state index contributed by atoms with van der Waals surface area (Å²) in [7, 11) is 1.46. The van der Waals surface area contributed by atoms with Crippen molar-refractivity contribution in [3.05, 3.63) is 105 Å². The molecule has 0 aliphatic heterocycles. The molecular weight excluding hydrogens is 466 g/mol. The molecule has 35 heavy (non-hydrogen) atoms. The van der Waals surface area contributed by atoms with Crippen molar-refractivity contribution in [2.24, 2.45) is 7.05 Å². The van der Waals surface area contributed by atoms with Gasteiger partial charge in [-0.15, -0.1) is 0 Å². The topological polar surface area (TPSA) is 106 Å². The zero-order valence-corrected chi connectivity index (χ0v) is 19.2. The summed E-state index contributed by atoms with van der Waals surface area (Å²) < 4.78 is 1.09. The maximum Gasteiger partial charge on any atom is 0.290 e. The number of fused-ring (bicyclic) bond motifs is 2. The van der Waals surface area contributed by atoms with Gasteiger partial charge in [0.15, 0.2) is 5.69 Å². The van der Waals surface area contributed by atoms with Crippen molar-refractivity contribution in [3.63, 3.8) is 0 Å². The minimum absolute atomic E-state index is 0.0133. The second-order valence-electron chi connectivity index (χ2n) is 7.78. The molecule has 5 rings (SSSR count). The summed E-state index contributed by atoms with van der Waals surface area (Å²) >= 11 is 6.36. The number of hydrazine groups is 1. The van der Waals surface area contributed by atoms with Crippen LogP contribution in [0.4, 0.5) is 0 Å². The number of hydrogen-bond donors (Lipinski definition) is 2. The van der Waals surface area contributed by atoms with Gasteiger partial charge in [-0.2, -0.15) is 5.10 Å². The van der Waals surface area contributed by atoms with Gasteiger partial charge in [0.2, 0.25) is 0 Å². The fourth-order valence-electron chi connectivity index (χ4n) is 3.88. The molecule has 0 radical (unpaired) electrons. The van der Waals surface area contributed by atoms with Crippen molar-refractivity contribution in [2.45, 2.75) is 0 Å². The molecule has 5 aromatic rings. The SMILES string of the molecule is Cn1nc(C(=O)NNC(=O)c2cc(-c3ccccc3Cl)nc3ccccc23)c2ccccc2c1=O. The van der Waals surface area contributed by atoms with Crippen LogP contribution in [0.25, 0.3) is 32.9 Å². The molecule has 9 heteroatoms. The molecule has 0 saturated heterocycles. The standard InChI is InChI=1S/C26H18ClN5O3/c1-32-26(35)17-10-3-2-9-16(17)23(31-32)25(34)30-29-24(33)19-14-22(18-11-4-6-12-20(18)27)28-21-13-7-5-8-15(19)21/h2-14H,1H3,(H,29,33)(H,30,34). The number of nitrogens with zero attached hydrogens (tertiary/aromatic N) is 3. The average Bonchev–Trinajstić information content (AvgIpc) is 2.88. The Morgan fingerprint density at radius 2 is 1.46 bits per heavy atom. The van der Waals surface area contributed by atoms with Gasteiger partial charge in [0.05, 0.1) is 22.2 Å². The van der Waals surface area contributed by atoms with Gasteiger partial charge < -0.3 is 0 Å². The molecule has 172 valence electrons. The Morgan fingerprint density at radius 1 is 0.829 bits per heavy atom. The van der Waals surface area contributed by atoms with E-state index in [0.717, 1.165) is 4.68 Å². The second kappa shape index (κ2) is 9.00. The van der Waals surface area contributed by atoms with Gasteiger partial charge in [0.25, 0.3) is 17.4 Å². The lowest BCUT2D eigenvalue weighted by Gasteiger charge is -2.12. The van der Waals surface area contributed by atoms with Crippen LogP contribution in [0.1, 0.15) is 20.8 Å². The highest BCUT2D eigenvalue weighted by atomic mass is 35.5. The van der Waals surface area contributed by atoms with E-state index in [1.165, 1.54) is 7.05 Å². The third-order valence-electron chi connectivity index (χ3n) is 5.57. The van der Waals surface area contributed by atoms with Crippen molar-refractivity contribution in [3.8, 4) is 11.3 Å². The number of amides is 2. The minimum atomic E-state index is -0.658. The summed E-state index contributed by atoms with van der Waals surface area (Å²) in [4.78, 5) is 43.1. The van der Waals surface area contributed by atoms with Gasteiger partial charge in [-0.05, 0) is 24.3 Å².